The first-order valence-corrected chi connectivity index (χ1v) is 19.1. The Morgan fingerprint density at radius 3 is 2.02 bits per heavy atom. The quantitative estimate of drug-likeness (QED) is 0.0240. The van der Waals surface area contributed by atoms with E-state index in [-0.39, 0.29) is 34.1 Å². The van der Waals surface area contributed by atoms with E-state index in [1.54, 1.807) is 0 Å². The van der Waals surface area contributed by atoms with Gasteiger partial charge in [-0.2, -0.15) is 0 Å². The van der Waals surface area contributed by atoms with Crippen LogP contribution in [-0.2, 0) is 47.6 Å². The van der Waals surface area contributed by atoms with Gasteiger partial charge in [0.1, 0.15) is 85.2 Å². The van der Waals surface area contributed by atoms with E-state index in [0.717, 1.165) is 37.3 Å². The zero-order valence-corrected chi connectivity index (χ0v) is 33.2. The predicted octanol–water partition coefficient (Wildman–Crippen LogP) is -0.592. The molecule has 64 heavy (non-hydrogen) atoms. The van der Waals surface area contributed by atoms with Gasteiger partial charge in [0.15, 0.2) is 29.1 Å². The molecular weight excluding hydrogens is 860 g/mol. The van der Waals surface area contributed by atoms with Crippen LogP contribution in [-0.4, -0.2) is 159 Å². The summed E-state index contributed by atoms with van der Waals surface area (Å²) >= 11 is 0. The third-order valence-corrected chi connectivity index (χ3v) is 9.84. The number of rotatable bonds is 14. The molecule has 0 aromatic heterocycles. The first-order chi connectivity index (χ1) is 30.3. The number of aliphatic hydroxyl groups excluding tert-OH is 5. The molecule has 3 aliphatic heterocycles. The molecule has 23 heteroatoms. The fourth-order valence-electron chi connectivity index (χ4n) is 6.69. The molecule has 344 valence electrons. The van der Waals surface area contributed by atoms with E-state index in [0.29, 0.717) is 5.56 Å². The fraction of sp³-hybridized carbons (Fsp3) is 0.366. The van der Waals surface area contributed by atoms with Gasteiger partial charge in [0.05, 0.1) is 11.6 Å². The van der Waals surface area contributed by atoms with Crippen LogP contribution in [0.15, 0.2) is 60.4 Å². The number of carboxylic acid groups (broad SMARTS) is 1. The highest BCUT2D eigenvalue weighted by molar-refractivity contribution is 5.90. The van der Waals surface area contributed by atoms with Crippen molar-refractivity contribution in [3.63, 3.8) is 0 Å². The normalized spacial score (nSPS) is 27.6. The number of carbonyl (C=O) groups excluding carboxylic acids is 3. The van der Waals surface area contributed by atoms with Crippen molar-refractivity contribution in [3.8, 4) is 40.2 Å². The van der Waals surface area contributed by atoms with Crippen molar-refractivity contribution in [1.29, 1.82) is 0 Å². The Labute approximate surface area is 360 Å². The monoisotopic (exact) mass is 903 g/mol. The van der Waals surface area contributed by atoms with E-state index in [9.17, 15) is 70.2 Å². The van der Waals surface area contributed by atoms with Gasteiger partial charge in [0.2, 0.25) is 12.6 Å². The largest absolute Gasteiger partial charge is 0.571 e. The molecule has 2 saturated heterocycles. The van der Waals surface area contributed by atoms with Gasteiger partial charge in [-0.05, 0) is 35.9 Å². The maximum Gasteiger partial charge on any atom is 0.330 e. The van der Waals surface area contributed by atoms with Crippen LogP contribution in [0.4, 0.5) is 0 Å². The fourth-order valence-corrected chi connectivity index (χ4v) is 6.69. The Bertz CT molecular complexity index is 2250. The Hall–Kier alpha value is -6.86. The van der Waals surface area contributed by atoms with Crippen molar-refractivity contribution in [2.75, 3.05) is 13.2 Å². The van der Waals surface area contributed by atoms with E-state index in [1.807, 2.05) is 0 Å². The van der Waals surface area contributed by atoms with Gasteiger partial charge in [0.25, 0.3) is 11.9 Å². The second kappa shape index (κ2) is 19.7. The van der Waals surface area contributed by atoms with E-state index in [2.05, 4.69) is 4.74 Å². The van der Waals surface area contributed by atoms with Crippen molar-refractivity contribution < 1.29 is 113 Å². The molecule has 3 aromatic carbocycles. The molecule has 3 aliphatic rings. The molecule has 0 aliphatic carbocycles. The number of hydrogen-bond donors (Lipinski definition) is 11. The minimum atomic E-state index is -2.02. The van der Waals surface area contributed by atoms with Crippen LogP contribution in [0.3, 0.4) is 0 Å². The number of carboxylic acids is 1. The topological polar surface area (TPSA) is 368 Å². The number of aromatic hydroxyl groups is 6. The molecule has 0 radical (unpaired) electrons. The number of phenolic OH excluding ortho intramolecular Hbond substituents is 5. The van der Waals surface area contributed by atoms with Gasteiger partial charge in [-0.3, -0.25) is 14.4 Å². The summed E-state index contributed by atoms with van der Waals surface area (Å²) in [5.41, 5.74) is 0.384. The average Bonchev–Trinajstić information content (AvgIpc) is 3.23. The van der Waals surface area contributed by atoms with E-state index in [4.69, 9.17) is 38.3 Å². The molecule has 3 heterocycles. The number of phenols is 5. The van der Waals surface area contributed by atoms with Gasteiger partial charge < -0.3 is 94.1 Å². The third kappa shape index (κ3) is 10.8. The summed E-state index contributed by atoms with van der Waals surface area (Å²) in [5, 5.41) is 115. The summed E-state index contributed by atoms with van der Waals surface area (Å²) in [6.07, 6.45) is -17.2. The summed E-state index contributed by atoms with van der Waals surface area (Å²) in [6, 6.07) is 9.95. The van der Waals surface area contributed by atoms with Crippen molar-refractivity contribution in [3.05, 3.63) is 77.1 Å². The van der Waals surface area contributed by atoms with Crippen molar-refractivity contribution >= 4 is 36.0 Å². The van der Waals surface area contributed by atoms with Crippen molar-refractivity contribution in [1.82, 2.24) is 0 Å². The number of ether oxygens (including phenoxy) is 8. The maximum atomic E-state index is 12.5. The standard InChI is InChI=1S/C41H42O23/c1-16(42)59-39-28(15-58-31(50)13-29(47)48)64-41(37(56)35(39)54)61-25-11-20(44)10-24-21(25)12-26(38(60-24)18-8-22(45)32(51)23(46)9-18)62-40-36(55)34(53)33(52)27(63-40)14-57-30(49)7-4-17-2-5-19(43)6-3-17/h2-12,27-28,33-41,43-46,51-56H,13-15H2,1H3,(H,47,48)/p+1. The summed E-state index contributed by atoms with van der Waals surface area (Å²) in [5.74, 6) is -8.37. The molecule has 0 amide bonds. The molecule has 6 rings (SSSR count). The first-order valence-electron chi connectivity index (χ1n) is 19.1. The maximum absolute atomic E-state index is 12.5. The highest BCUT2D eigenvalue weighted by Crippen LogP contribution is 2.48. The summed E-state index contributed by atoms with van der Waals surface area (Å²) < 4.78 is 43.3. The molecule has 2 fully saturated rings. The summed E-state index contributed by atoms with van der Waals surface area (Å²) in [6.45, 7) is -0.495. The second-order valence-electron chi connectivity index (χ2n) is 14.5. The number of carbonyl (C=O) groups is 4. The Kier molecular flexibility index (Phi) is 14.3. The lowest BCUT2D eigenvalue weighted by molar-refractivity contribution is -0.296. The zero-order chi connectivity index (χ0) is 46.6. The summed E-state index contributed by atoms with van der Waals surface area (Å²) in [7, 11) is 0. The van der Waals surface area contributed by atoms with Gasteiger partial charge in [0, 0.05) is 25.1 Å². The average molecular weight is 904 g/mol. The minimum absolute atomic E-state index is 0.00144. The Balaban J connectivity index is 1.30. The molecule has 23 nitrogen and oxygen atoms in total. The van der Waals surface area contributed by atoms with E-state index < -0.39 is 134 Å². The number of aliphatic carboxylic acids is 1. The molecular formula is C41H43O23+. The van der Waals surface area contributed by atoms with E-state index >= 15 is 0 Å². The van der Waals surface area contributed by atoms with Crippen LogP contribution in [0, 0.1) is 0 Å². The second-order valence-corrected chi connectivity index (χ2v) is 14.5. The van der Waals surface area contributed by atoms with Crippen LogP contribution in [0.1, 0.15) is 36.1 Å². The number of aliphatic hydroxyl groups is 6. The highest BCUT2D eigenvalue weighted by Gasteiger charge is 2.50. The highest BCUT2D eigenvalue weighted by atomic mass is 16.7. The number of fused-ring (bicyclic) bond motifs is 1. The van der Waals surface area contributed by atoms with Crippen LogP contribution < -0.4 is 4.74 Å². The molecule has 11 atom stereocenters. The molecule has 0 spiro atoms. The minimum Gasteiger partial charge on any atom is -0.571 e. The zero-order valence-electron chi connectivity index (χ0n) is 33.2. The number of benzene rings is 3. The Morgan fingerprint density at radius 2 is 1.36 bits per heavy atom. The van der Waals surface area contributed by atoms with Crippen LogP contribution >= 0.6 is 0 Å². The van der Waals surface area contributed by atoms with Gasteiger partial charge in [-0.1, -0.05) is 12.1 Å². The van der Waals surface area contributed by atoms with Crippen LogP contribution in [0.25, 0.3) is 12.2 Å². The van der Waals surface area contributed by atoms with Gasteiger partial charge in [-0.25, -0.2) is 4.79 Å². The molecule has 0 saturated carbocycles. The third-order valence-electron chi connectivity index (χ3n) is 9.84. The summed E-state index contributed by atoms with van der Waals surface area (Å²) in [4.78, 5) is 47.4. The lowest BCUT2D eigenvalue weighted by Crippen LogP contribution is -2.61. The Morgan fingerprint density at radius 1 is 0.734 bits per heavy atom. The van der Waals surface area contributed by atoms with Crippen molar-refractivity contribution in [2.45, 2.75) is 80.9 Å². The molecule has 0 bridgehead atoms. The number of hydrogen-bond acceptors (Lipinski definition) is 21. The first kappa shape index (κ1) is 46.6. The van der Waals surface area contributed by atoms with E-state index in [1.165, 1.54) is 36.4 Å². The lowest BCUT2D eigenvalue weighted by Gasteiger charge is -2.41. The van der Waals surface area contributed by atoms with Gasteiger partial charge >= 0.3 is 23.9 Å². The molecule has 11 unspecified atom stereocenters. The lowest BCUT2D eigenvalue weighted by atomic mass is 9.98. The molecule has 3 aromatic rings. The van der Waals surface area contributed by atoms with Crippen molar-refractivity contribution in [2.24, 2.45) is 0 Å². The number of esters is 3. The van der Waals surface area contributed by atoms with Crippen LogP contribution in [0.5, 0.6) is 40.2 Å². The SMILES string of the molecule is CC(=O)OC1C(COC(=O)CC(=O)O)OC(Oc2cc(O)cc3c2C=C(OC2OC(COC(=O)C=Cc4ccc(O)cc4)C(O)C(O)C2O)C(c2cc(O)c(O)c(O)c2)[OH+]3)C(O)C1O. The smallest absolute Gasteiger partial charge is 0.330 e. The van der Waals surface area contributed by atoms with Gasteiger partial charge in [-0.15, -0.1) is 0 Å². The predicted molar refractivity (Wildman–Crippen MR) is 208 cm³/mol. The van der Waals surface area contributed by atoms with Crippen LogP contribution in [0.2, 0.25) is 0 Å². The molecule has 12 N–H and O–H groups in total.